The summed E-state index contributed by atoms with van der Waals surface area (Å²) in [6.45, 7) is 8.13. The summed E-state index contributed by atoms with van der Waals surface area (Å²) in [5, 5.41) is 1.01. The maximum Gasteiger partial charge on any atom is 0.338 e. The number of nitrogens with zero attached hydrogens (tertiary/aromatic N) is 4. The van der Waals surface area contributed by atoms with E-state index in [-0.39, 0.29) is 0 Å². The first-order chi connectivity index (χ1) is 17.2. The van der Waals surface area contributed by atoms with Crippen LogP contribution in [-0.4, -0.2) is 54.0 Å². The summed E-state index contributed by atoms with van der Waals surface area (Å²) >= 11 is 3.52. The van der Waals surface area contributed by atoms with E-state index in [2.05, 4.69) is 56.8 Å². The van der Waals surface area contributed by atoms with Crippen LogP contribution in [0.1, 0.15) is 29.2 Å². The number of imidazole rings is 1. The fourth-order valence-electron chi connectivity index (χ4n) is 4.41. The molecule has 0 saturated heterocycles. The lowest BCUT2D eigenvalue weighted by molar-refractivity contribution is 0.0600. The third-order valence-corrected chi connectivity index (χ3v) is 8.60. The molecule has 1 aliphatic rings. The van der Waals surface area contributed by atoms with Crippen LogP contribution in [0.4, 0.5) is 0 Å². The zero-order valence-corrected chi connectivity index (χ0v) is 23.9. The van der Waals surface area contributed by atoms with E-state index in [1.807, 2.05) is 6.07 Å². The Balaban J connectivity index is 1.67. The predicted molar refractivity (Wildman–Crippen MR) is 146 cm³/mol. The van der Waals surface area contributed by atoms with Gasteiger partial charge in [-0.15, -0.1) is 0 Å². The monoisotopic (exact) mass is 570 g/mol. The van der Waals surface area contributed by atoms with E-state index < -0.39 is 14.0 Å². The highest BCUT2D eigenvalue weighted by Gasteiger charge is 2.32. The molecule has 0 amide bonds. The highest BCUT2D eigenvalue weighted by molar-refractivity contribution is 9.10. The molecule has 0 radical (unpaired) electrons. The number of carbonyl (C=O) groups excluding carboxylic acids is 1. The molecule has 8 nitrogen and oxygen atoms in total. The average molecular weight is 572 g/mol. The largest absolute Gasteiger partial charge is 0.494 e. The highest BCUT2D eigenvalue weighted by atomic mass is 79.9. The predicted octanol–water partition coefficient (Wildman–Crippen LogP) is 6.26. The third kappa shape index (κ3) is 4.81. The zero-order chi connectivity index (χ0) is 25.6. The Hall–Kier alpha value is -2.69. The lowest BCUT2D eigenvalue weighted by Crippen LogP contribution is -2.22. The van der Waals surface area contributed by atoms with Gasteiger partial charge in [-0.05, 0) is 65.1 Å². The van der Waals surface area contributed by atoms with Gasteiger partial charge in [0.2, 0.25) is 0 Å². The van der Waals surface area contributed by atoms with Crippen LogP contribution in [-0.2, 0) is 16.2 Å². The van der Waals surface area contributed by atoms with Gasteiger partial charge in [-0.3, -0.25) is 4.57 Å². The molecule has 10 heteroatoms. The highest BCUT2D eigenvalue weighted by Crippen LogP contribution is 2.44. The molecule has 3 aromatic heterocycles. The van der Waals surface area contributed by atoms with Crippen LogP contribution < -0.4 is 4.74 Å². The Bertz CT molecular complexity index is 1450. The van der Waals surface area contributed by atoms with E-state index in [0.29, 0.717) is 36.2 Å². The number of hydrogen-bond donors (Lipinski definition) is 0. The third-order valence-electron chi connectivity index (χ3n) is 6.46. The number of carbonyl (C=O) groups is 1. The van der Waals surface area contributed by atoms with Crippen LogP contribution in [0.15, 0.2) is 34.9 Å². The molecule has 5 rings (SSSR count). The minimum absolute atomic E-state index is 0.321. The Morgan fingerprint density at radius 2 is 1.92 bits per heavy atom. The van der Waals surface area contributed by atoms with Crippen molar-refractivity contribution in [2.24, 2.45) is 0 Å². The second kappa shape index (κ2) is 9.64. The Kier molecular flexibility index (Phi) is 6.69. The number of esters is 1. The molecular weight excluding hydrogens is 540 g/mol. The quantitative estimate of drug-likeness (QED) is 0.102. The van der Waals surface area contributed by atoms with Crippen molar-refractivity contribution in [3.05, 3.63) is 40.5 Å². The van der Waals surface area contributed by atoms with E-state index >= 15 is 0 Å². The number of pyridine rings is 1. The summed E-state index contributed by atoms with van der Waals surface area (Å²) in [6, 6.07) is 11.0. The van der Waals surface area contributed by atoms with Crippen LogP contribution in [0.3, 0.4) is 0 Å². The number of rotatable bonds is 9. The van der Waals surface area contributed by atoms with Gasteiger partial charge in [0.1, 0.15) is 28.2 Å². The molecule has 0 bridgehead atoms. The number of hydrogen-bond acceptors (Lipinski definition) is 6. The van der Waals surface area contributed by atoms with Crippen LogP contribution in [0.5, 0.6) is 5.75 Å². The van der Waals surface area contributed by atoms with Crippen molar-refractivity contribution >= 4 is 52.0 Å². The first kappa shape index (κ1) is 25.0. The van der Waals surface area contributed by atoms with Crippen molar-refractivity contribution < 1.29 is 19.0 Å². The van der Waals surface area contributed by atoms with Crippen molar-refractivity contribution in [1.29, 1.82) is 0 Å². The summed E-state index contributed by atoms with van der Waals surface area (Å²) in [5.74, 6) is 1.00. The van der Waals surface area contributed by atoms with Gasteiger partial charge in [0, 0.05) is 26.1 Å². The number of fused-ring (bicyclic) bond motifs is 2. The van der Waals surface area contributed by atoms with Crippen molar-refractivity contribution in [2.45, 2.75) is 51.3 Å². The van der Waals surface area contributed by atoms with Gasteiger partial charge in [-0.2, -0.15) is 0 Å². The first-order valence-electron chi connectivity index (χ1n) is 12.1. The molecule has 0 unspecified atom stereocenters. The topological polar surface area (TPSA) is 80.4 Å². The summed E-state index contributed by atoms with van der Waals surface area (Å²) in [6.07, 6.45) is 2.13. The summed E-state index contributed by atoms with van der Waals surface area (Å²) < 4.78 is 22.0. The van der Waals surface area contributed by atoms with E-state index in [1.165, 1.54) is 7.11 Å². The van der Waals surface area contributed by atoms with Crippen molar-refractivity contribution in [1.82, 2.24) is 19.1 Å². The molecule has 0 N–H and O–H groups in total. The van der Waals surface area contributed by atoms with Crippen LogP contribution in [0.25, 0.3) is 33.6 Å². The Morgan fingerprint density at radius 3 is 2.58 bits per heavy atom. The van der Waals surface area contributed by atoms with Gasteiger partial charge >= 0.3 is 5.97 Å². The maximum absolute atomic E-state index is 12.3. The van der Waals surface area contributed by atoms with Gasteiger partial charge in [0.25, 0.3) is 0 Å². The number of halogens is 1. The Morgan fingerprint density at radius 1 is 1.14 bits per heavy atom. The molecular formula is C26H31BrN4O4Si. The Labute approximate surface area is 219 Å². The SMILES string of the molecule is COC(=O)c1cc(OC)c2c(c1)nc(-c1cc3ccc(Br)nc3n1COCC[Si](C)(C)C)n2C1CC1. The van der Waals surface area contributed by atoms with Gasteiger partial charge in [-0.1, -0.05) is 19.6 Å². The fourth-order valence-corrected chi connectivity index (χ4v) is 5.47. The smallest absolute Gasteiger partial charge is 0.338 e. The lowest BCUT2D eigenvalue weighted by Gasteiger charge is -2.17. The van der Waals surface area contributed by atoms with Crippen molar-refractivity contribution in [3.8, 4) is 17.3 Å². The maximum atomic E-state index is 12.3. The second-order valence-electron chi connectivity index (χ2n) is 10.4. The molecule has 1 aliphatic carbocycles. The van der Waals surface area contributed by atoms with Crippen LogP contribution in [0, 0.1) is 0 Å². The van der Waals surface area contributed by atoms with Gasteiger partial charge in [-0.25, -0.2) is 14.8 Å². The lowest BCUT2D eigenvalue weighted by atomic mass is 10.2. The number of ether oxygens (including phenoxy) is 3. The zero-order valence-electron chi connectivity index (χ0n) is 21.3. The molecule has 190 valence electrons. The first-order valence-corrected chi connectivity index (χ1v) is 16.6. The van der Waals surface area contributed by atoms with Gasteiger partial charge in [0.05, 0.1) is 31.0 Å². The fraction of sp³-hybridized carbons (Fsp3) is 0.423. The van der Waals surface area contributed by atoms with Crippen molar-refractivity contribution in [3.63, 3.8) is 0 Å². The van der Waals surface area contributed by atoms with Crippen molar-refractivity contribution in [2.75, 3.05) is 20.8 Å². The van der Waals surface area contributed by atoms with E-state index in [9.17, 15) is 4.79 Å². The second-order valence-corrected chi connectivity index (χ2v) is 16.9. The standard InChI is InChI=1S/C26H31BrN4O4Si/c1-33-21-14-17(26(32)34-2)12-19-23(21)31(18-7-8-18)25(28-19)20-13-16-6-9-22(27)29-24(16)30(20)15-35-10-11-36(3,4)5/h6,9,12-14,18H,7-8,10-11,15H2,1-5H3. The molecule has 1 fully saturated rings. The minimum Gasteiger partial charge on any atom is -0.494 e. The summed E-state index contributed by atoms with van der Waals surface area (Å²) in [7, 11) is 1.78. The van der Waals surface area contributed by atoms with Gasteiger partial charge < -0.3 is 18.8 Å². The number of methoxy groups -OCH3 is 2. The molecule has 0 atom stereocenters. The normalized spacial score (nSPS) is 14.1. The minimum atomic E-state index is -1.21. The average Bonchev–Trinajstić information content (AvgIpc) is 3.52. The van der Waals surface area contributed by atoms with E-state index in [4.69, 9.17) is 24.2 Å². The molecule has 0 spiro atoms. The number of benzene rings is 1. The summed E-state index contributed by atoms with van der Waals surface area (Å²) in [5.41, 5.74) is 3.75. The van der Waals surface area contributed by atoms with Crippen LogP contribution >= 0.6 is 15.9 Å². The molecule has 1 saturated carbocycles. The van der Waals surface area contributed by atoms with E-state index in [1.54, 1.807) is 19.2 Å². The summed E-state index contributed by atoms with van der Waals surface area (Å²) in [4.78, 5) is 22.1. The molecule has 0 aliphatic heterocycles. The van der Waals surface area contributed by atoms with Gasteiger partial charge in [0.15, 0.2) is 5.82 Å². The molecule has 1 aromatic carbocycles. The van der Waals surface area contributed by atoms with E-state index in [0.717, 1.165) is 51.6 Å². The molecule has 36 heavy (non-hydrogen) atoms. The van der Waals surface area contributed by atoms with Crippen LogP contribution in [0.2, 0.25) is 25.7 Å². The number of aromatic nitrogens is 4. The molecule has 4 aromatic rings. The molecule has 3 heterocycles.